The Balaban J connectivity index is 4.82. The summed E-state index contributed by atoms with van der Waals surface area (Å²) in [6.07, 6.45) is 0. The van der Waals surface area contributed by atoms with Gasteiger partial charge in [0.15, 0.2) is 0 Å². The molecule has 0 spiro atoms. The van der Waals surface area contributed by atoms with E-state index in [1.165, 1.54) is 0 Å². The van der Waals surface area contributed by atoms with E-state index >= 15 is 0 Å². The van der Waals surface area contributed by atoms with E-state index in [-0.39, 0.29) is 4.22 Å². The Morgan fingerprint density at radius 2 is 1.16 bits per heavy atom. The first-order valence-electron chi connectivity index (χ1n) is 9.33. The molecule has 0 amide bonds. The fraction of sp³-hybridized carbons (Fsp3) is 1.00. The average molecular weight is 400 g/mol. The zero-order chi connectivity index (χ0) is 19.0. The second kappa shape index (κ2) is 14.3. The van der Waals surface area contributed by atoms with Gasteiger partial charge in [0.1, 0.15) is 0 Å². The quantitative estimate of drug-likeness (QED) is 0.123. The van der Waals surface area contributed by atoms with E-state index < -0.39 is 16.1 Å². The van der Waals surface area contributed by atoms with E-state index in [1.54, 1.807) is 0 Å². The molecule has 9 nitrogen and oxygen atoms in total. The Bertz CT molecular complexity index is 366. The van der Waals surface area contributed by atoms with Gasteiger partial charge in [0, 0.05) is 0 Å². The summed E-state index contributed by atoms with van der Waals surface area (Å²) >= 11 is -4.83. The fourth-order valence-corrected chi connectivity index (χ4v) is 7.64. The van der Waals surface area contributed by atoms with Gasteiger partial charge in [-0.1, -0.05) is 0 Å². The zero-order valence-electron chi connectivity index (χ0n) is 16.0. The topological polar surface area (TPSA) is 150 Å². The molecule has 0 aromatic carbocycles. The average Bonchev–Trinajstić information content (AvgIpc) is 2.59. The van der Waals surface area contributed by atoms with Gasteiger partial charge in [-0.2, -0.15) is 0 Å². The van der Waals surface area contributed by atoms with Crippen molar-refractivity contribution >= 4 is 0 Å². The van der Waals surface area contributed by atoms with E-state index in [1.807, 2.05) is 13.8 Å². The van der Waals surface area contributed by atoms with Crippen molar-refractivity contribution in [2.75, 3.05) is 72.1 Å². The zero-order valence-corrected chi connectivity index (χ0v) is 17.6. The normalized spacial score (nSPS) is 12.9. The molecule has 10 heteroatoms. The molecule has 0 unspecified atom stereocenters. The number of hydrogen-bond acceptors (Lipinski definition) is 9. The van der Waals surface area contributed by atoms with Crippen LogP contribution in [0.5, 0.6) is 0 Å². The van der Waals surface area contributed by atoms with Crippen LogP contribution in [0.25, 0.3) is 0 Å². The summed E-state index contributed by atoms with van der Waals surface area (Å²) in [6.45, 7) is 9.98. The van der Waals surface area contributed by atoms with E-state index in [4.69, 9.17) is 23.8 Å². The summed E-state index contributed by atoms with van der Waals surface area (Å²) in [5.41, 5.74) is 16.4. The van der Waals surface area contributed by atoms with E-state index in [0.717, 1.165) is 0 Å². The van der Waals surface area contributed by atoms with Gasteiger partial charge >= 0.3 is 154 Å². The molecule has 0 saturated heterocycles. The third-order valence-electron chi connectivity index (χ3n) is 4.20. The predicted molar refractivity (Wildman–Crippen MR) is 98.3 cm³/mol. The number of nitrogens with two attached hydrogens (primary N) is 3. The molecule has 152 valence electrons. The molecule has 0 aromatic rings. The monoisotopic (exact) mass is 400 g/mol. The summed E-state index contributed by atoms with van der Waals surface area (Å²) < 4.78 is 26.2. The summed E-state index contributed by atoms with van der Waals surface area (Å²) in [5.74, 6) is 0. The SMILES string of the molecule is C[CH](C)[Ti](=[O])([CH2]CNCCN)([O]CCNCCN)[O]CCNCCN. The molecule has 0 fully saturated rings. The third-order valence-corrected chi connectivity index (χ3v) is 12.0. The van der Waals surface area contributed by atoms with Gasteiger partial charge in [-0.15, -0.1) is 0 Å². The number of rotatable bonds is 18. The number of nitrogens with one attached hydrogen (secondary N) is 3. The Hall–Kier alpha value is 0.194. The van der Waals surface area contributed by atoms with Gasteiger partial charge < -0.3 is 0 Å². The minimum atomic E-state index is -4.83. The maximum atomic E-state index is 14.0. The van der Waals surface area contributed by atoms with Crippen molar-refractivity contribution in [1.29, 1.82) is 0 Å². The molecule has 0 aliphatic carbocycles. The Kier molecular flexibility index (Phi) is 14.4. The van der Waals surface area contributed by atoms with Gasteiger partial charge in [0.25, 0.3) is 0 Å². The molecule has 0 rings (SSSR count). The van der Waals surface area contributed by atoms with E-state index in [9.17, 15) is 3.32 Å². The van der Waals surface area contributed by atoms with Crippen LogP contribution in [-0.2, 0) is 26.0 Å². The Labute approximate surface area is 154 Å². The summed E-state index contributed by atoms with van der Waals surface area (Å²) in [4.78, 5) is 0. The molecule has 0 aliphatic heterocycles. The Morgan fingerprint density at radius 3 is 1.52 bits per heavy atom. The predicted octanol–water partition coefficient (Wildman–Crippen LogP) is -1.22. The number of hydrogen-bond donors (Lipinski definition) is 6. The van der Waals surface area contributed by atoms with Crippen molar-refractivity contribution in [3.8, 4) is 0 Å². The first-order chi connectivity index (χ1) is 11.9. The molecule has 0 bridgehead atoms. The molecule has 0 radical (unpaired) electrons. The van der Waals surface area contributed by atoms with Gasteiger partial charge in [-0.05, 0) is 0 Å². The second-order valence-corrected chi connectivity index (χ2v) is 13.8. The van der Waals surface area contributed by atoms with Crippen molar-refractivity contribution in [3.05, 3.63) is 0 Å². The van der Waals surface area contributed by atoms with Crippen molar-refractivity contribution in [3.63, 3.8) is 0 Å². The first-order valence-corrected chi connectivity index (χ1v) is 13.3. The molecular weight excluding hydrogens is 360 g/mol. The van der Waals surface area contributed by atoms with E-state index in [0.29, 0.717) is 76.8 Å². The van der Waals surface area contributed by atoms with Crippen molar-refractivity contribution in [2.24, 2.45) is 17.2 Å². The fourth-order valence-electron chi connectivity index (χ4n) is 2.48. The second-order valence-electron chi connectivity index (χ2n) is 6.46. The van der Waals surface area contributed by atoms with Gasteiger partial charge in [0.05, 0.1) is 0 Å². The first kappa shape index (κ1) is 25.2. The third kappa shape index (κ3) is 10.2. The van der Waals surface area contributed by atoms with Gasteiger partial charge in [-0.3, -0.25) is 0 Å². The summed E-state index contributed by atoms with van der Waals surface area (Å²) in [5, 5.41) is 9.49. The van der Waals surface area contributed by atoms with Gasteiger partial charge in [-0.25, -0.2) is 0 Å². The molecule has 0 saturated carbocycles. The van der Waals surface area contributed by atoms with Crippen molar-refractivity contribution in [2.45, 2.75) is 22.8 Å². The maximum absolute atomic E-state index is 14.0. The molecule has 0 aromatic heterocycles. The van der Waals surface area contributed by atoms with Crippen LogP contribution >= 0.6 is 0 Å². The Morgan fingerprint density at radius 1 is 0.760 bits per heavy atom. The van der Waals surface area contributed by atoms with Crippen LogP contribution in [0.15, 0.2) is 0 Å². The molecular formula is C15H40N6O3Ti. The molecule has 9 N–H and O–H groups in total. The van der Waals surface area contributed by atoms with Crippen LogP contribution in [0, 0.1) is 0 Å². The molecule has 0 atom stereocenters. The van der Waals surface area contributed by atoms with Crippen LogP contribution in [-0.4, -0.2) is 72.1 Å². The van der Waals surface area contributed by atoms with Crippen LogP contribution in [0.4, 0.5) is 0 Å². The van der Waals surface area contributed by atoms with Gasteiger partial charge in [0.2, 0.25) is 0 Å². The van der Waals surface area contributed by atoms with Crippen LogP contribution in [0.2, 0.25) is 8.95 Å². The standard InChI is InChI=1S/2C4H11N2O.C4H11N2.C3H7.O.Ti/c2*5-1-2-6-3-4-7;1-2-6-4-3-5;1-3-2;;/h2*6H,1-5H2;6H,1-5H2;3H,1-2H3;;/q2*-1;;;;+2. The van der Waals surface area contributed by atoms with E-state index in [2.05, 4.69) is 16.0 Å². The summed E-state index contributed by atoms with van der Waals surface area (Å²) in [6, 6.07) is 0. The van der Waals surface area contributed by atoms with Crippen molar-refractivity contribution in [1.82, 2.24) is 16.0 Å². The van der Waals surface area contributed by atoms with Crippen LogP contribution in [0.1, 0.15) is 13.8 Å². The molecule has 0 heterocycles. The van der Waals surface area contributed by atoms with Crippen LogP contribution < -0.4 is 33.2 Å². The van der Waals surface area contributed by atoms with Crippen LogP contribution in [0.3, 0.4) is 0 Å². The molecule has 25 heavy (non-hydrogen) atoms. The molecule has 0 aliphatic rings. The minimum absolute atomic E-state index is 0.180. The summed E-state index contributed by atoms with van der Waals surface area (Å²) in [7, 11) is 0. The van der Waals surface area contributed by atoms with Crippen molar-refractivity contribution < 1.29 is 26.0 Å².